The first kappa shape index (κ1) is 16.1. The first-order valence-corrected chi connectivity index (χ1v) is 7.02. The molecule has 0 aliphatic heterocycles. The molecule has 0 bridgehead atoms. The summed E-state index contributed by atoms with van der Waals surface area (Å²) in [5, 5.41) is 9.61. The second-order valence-electron chi connectivity index (χ2n) is 5.12. The molecule has 1 aliphatic carbocycles. The van der Waals surface area contributed by atoms with Crippen LogP contribution in [-0.4, -0.2) is 38.0 Å². The van der Waals surface area contributed by atoms with Gasteiger partial charge in [-0.2, -0.15) is 0 Å². The predicted octanol–water partition coefficient (Wildman–Crippen LogP) is 1.47. The molecule has 2 unspecified atom stereocenters. The lowest BCUT2D eigenvalue weighted by Gasteiger charge is -2.37. The van der Waals surface area contributed by atoms with Crippen molar-refractivity contribution in [1.29, 1.82) is 0 Å². The number of benzene rings is 1. The molecule has 0 saturated heterocycles. The van der Waals surface area contributed by atoms with E-state index in [1.165, 1.54) is 7.11 Å². The summed E-state index contributed by atoms with van der Waals surface area (Å²) in [6.07, 6.45) is 0.356. The average molecular weight is 298 g/mol. The highest BCUT2D eigenvalue weighted by Crippen LogP contribution is 2.34. The maximum absolute atomic E-state index is 11.3. The zero-order valence-electron chi connectivity index (χ0n) is 12.6. The van der Waals surface area contributed by atoms with Crippen LogP contribution in [0.5, 0.6) is 0 Å². The molecule has 2 rings (SSSR count). The van der Waals surface area contributed by atoms with Crippen LogP contribution in [0.3, 0.4) is 0 Å². The number of rotatable bonds is 3. The van der Waals surface area contributed by atoms with Gasteiger partial charge in [0.1, 0.15) is 0 Å². The van der Waals surface area contributed by atoms with Crippen LogP contribution in [0.1, 0.15) is 22.3 Å². The number of hydrogen-bond donors (Lipinski definition) is 1. The van der Waals surface area contributed by atoms with Gasteiger partial charge in [-0.05, 0) is 42.5 Å². The van der Waals surface area contributed by atoms with Crippen LogP contribution in [-0.2, 0) is 9.47 Å². The van der Waals surface area contributed by atoms with Crippen LogP contribution in [0.25, 0.3) is 0 Å². The van der Waals surface area contributed by atoms with E-state index in [0.29, 0.717) is 18.6 Å². The van der Waals surface area contributed by atoms with E-state index in [4.69, 9.17) is 4.74 Å². The highest BCUT2D eigenvalue weighted by atomic mass is 16.5. The van der Waals surface area contributed by atoms with Crippen LogP contribution in [0.4, 0.5) is 0 Å². The molecule has 22 heavy (non-hydrogen) atoms. The topological polar surface area (TPSA) is 55.8 Å². The molecular formula is C18H18O4. The van der Waals surface area contributed by atoms with Crippen molar-refractivity contribution >= 4 is 5.97 Å². The number of carbonyl (C=O) groups excluding carboxylic acids is 1. The third-order valence-corrected chi connectivity index (χ3v) is 3.70. The van der Waals surface area contributed by atoms with E-state index in [0.717, 1.165) is 5.56 Å². The van der Waals surface area contributed by atoms with Crippen molar-refractivity contribution in [1.82, 2.24) is 0 Å². The van der Waals surface area contributed by atoms with E-state index in [2.05, 4.69) is 28.4 Å². The zero-order valence-corrected chi connectivity index (χ0v) is 12.6. The van der Waals surface area contributed by atoms with E-state index in [1.807, 2.05) is 0 Å². The normalized spacial score (nSPS) is 22.4. The summed E-state index contributed by atoms with van der Waals surface area (Å²) in [6, 6.07) is 6.84. The summed E-state index contributed by atoms with van der Waals surface area (Å²) >= 11 is 0. The Bertz CT molecular complexity index is 640. The van der Waals surface area contributed by atoms with Gasteiger partial charge in [0.15, 0.2) is 0 Å². The molecule has 4 nitrogen and oxygen atoms in total. The lowest BCUT2D eigenvalue weighted by molar-refractivity contribution is -0.0472. The Morgan fingerprint density at radius 2 is 2.00 bits per heavy atom. The van der Waals surface area contributed by atoms with Crippen LogP contribution < -0.4 is 0 Å². The molecule has 1 aliphatic rings. The molecule has 4 heteroatoms. The second kappa shape index (κ2) is 7.66. The fourth-order valence-corrected chi connectivity index (χ4v) is 2.31. The molecular weight excluding hydrogens is 280 g/mol. The lowest BCUT2D eigenvalue weighted by atomic mass is 9.72. The molecule has 1 fully saturated rings. The first-order chi connectivity index (χ1) is 10.7. The van der Waals surface area contributed by atoms with Crippen LogP contribution >= 0.6 is 0 Å². The maximum atomic E-state index is 11.3. The molecule has 1 aromatic rings. The van der Waals surface area contributed by atoms with Crippen LogP contribution in [0, 0.1) is 35.5 Å². The number of carbonyl (C=O) groups is 1. The number of aliphatic hydroxyl groups excluding tert-OH is 1. The van der Waals surface area contributed by atoms with Crippen molar-refractivity contribution in [3.05, 3.63) is 35.4 Å². The van der Waals surface area contributed by atoms with E-state index >= 15 is 0 Å². The number of esters is 1. The molecule has 0 aromatic heterocycles. The fraction of sp³-hybridized carbons (Fsp3) is 0.389. The van der Waals surface area contributed by atoms with Crippen molar-refractivity contribution in [2.45, 2.75) is 12.5 Å². The summed E-state index contributed by atoms with van der Waals surface area (Å²) in [4.78, 5) is 11.3. The van der Waals surface area contributed by atoms with Gasteiger partial charge in [0, 0.05) is 24.5 Å². The first-order valence-electron chi connectivity index (χ1n) is 7.02. The summed E-state index contributed by atoms with van der Waals surface area (Å²) in [5.74, 6) is 11.4. The largest absolute Gasteiger partial charge is 0.465 e. The summed E-state index contributed by atoms with van der Waals surface area (Å²) in [6.45, 7) is 0.517. The van der Waals surface area contributed by atoms with E-state index in [-0.39, 0.29) is 23.9 Å². The molecule has 1 saturated carbocycles. The molecule has 1 aromatic carbocycles. The number of methoxy groups -OCH3 is 2. The molecule has 0 radical (unpaired) electrons. The quantitative estimate of drug-likeness (QED) is 0.678. The third kappa shape index (κ3) is 3.89. The number of aliphatic hydroxyl groups is 1. The predicted molar refractivity (Wildman–Crippen MR) is 81.9 cm³/mol. The van der Waals surface area contributed by atoms with Gasteiger partial charge in [0.05, 0.1) is 25.4 Å². The molecule has 0 amide bonds. The van der Waals surface area contributed by atoms with Crippen LogP contribution in [0.2, 0.25) is 0 Å². The molecule has 114 valence electrons. The van der Waals surface area contributed by atoms with Gasteiger partial charge in [0.25, 0.3) is 0 Å². The van der Waals surface area contributed by atoms with Gasteiger partial charge >= 0.3 is 5.97 Å². The monoisotopic (exact) mass is 298 g/mol. The van der Waals surface area contributed by atoms with Crippen molar-refractivity contribution in [2.24, 2.45) is 11.8 Å². The van der Waals surface area contributed by atoms with E-state index in [1.54, 1.807) is 31.4 Å². The molecule has 0 spiro atoms. The van der Waals surface area contributed by atoms with Gasteiger partial charge in [-0.15, -0.1) is 0 Å². The molecule has 1 N–H and O–H groups in total. The van der Waals surface area contributed by atoms with Gasteiger partial charge in [-0.3, -0.25) is 0 Å². The van der Waals surface area contributed by atoms with Crippen molar-refractivity contribution in [3.63, 3.8) is 0 Å². The summed E-state index contributed by atoms with van der Waals surface area (Å²) < 4.78 is 9.69. The Kier molecular flexibility index (Phi) is 5.61. The minimum Gasteiger partial charge on any atom is -0.465 e. The fourth-order valence-electron chi connectivity index (χ4n) is 2.31. The van der Waals surface area contributed by atoms with Gasteiger partial charge in [-0.25, -0.2) is 4.79 Å². The molecule has 3 atom stereocenters. The third-order valence-electron chi connectivity index (χ3n) is 3.70. The van der Waals surface area contributed by atoms with Gasteiger partial charge in [0.2, 0.25) is 0 Å². The smallest absolute Gasteiger partial charge is 0.337 e. The van der Waals surface area contributed by atoms with Gasteiger partial charge in [-0.1, -0.05) is 11.8 Å². The van der Waals surface area contributed by atoms with E-state index in [9.17, 15) is 9.90 Å². The highest BCUT2D eigenvalue weighted by Gasteiger charge is 2.38. The van der Waals surface area contributed by atoms with Crippen molar-refractivity contribution in [3.8, 4) is 23.7 Å². The van der Waals surface area contributed by atoms with Gasteiger partial charge < -0.3 is 14.6 Å². The highest BCUT2D eigenvalue weighted by molar-refractivity contribution is 5.89. The average Bonchev–Trinajstić information content (AvgIpc) is 2.55. The van der Waals surface area contributed by atoms with Crippen molar-refractivity contribution in [2.75, 3.05) is 20.8 Å². The minimum atomic E-state index is -0.368. The Morgan fingerprint density at radius 1 is 1.27 bits per heavy atom. The standard InChI is InChI=1S/C18H18O4/c1-21-12-16-15(11-17(16)19)6-4-3-5-13-7-9-14(10-8-13)18(20)22-2/h7-10,15-17,19H,11-12H2,1-2H3/t15?,16-,17?/m0/s1. The minimum absolute atomic E-state index is 0.0821. The Labute approximate surface area is 130 Å². The Morgan fingerprint density at radius 3 is 2.59 bits per heavy atom. The number of hydrogen-bond acceptors (Lipinski definition) is 4. The number of ether oxygens (including phenoxy) is 2. The second-order valence-corrected chi connectivity index (χ2v) is 5.12. The maximum Gasteiger partial charge on any atom is 0.337 e. The zero-order chi connectivity index (χ0) is 15.9. The summed E-state index contributed by atoms with van der Waals surface area (Å²) in [5.41, 5.74) is 1.27. The van der Waals surface area contributed by atoms with Crippen molar-refractivity contribution < 1.29 is 19.4 Å². The van der Waals surface area contributed by atoms with E-state index < -0.39 is 0 Å². The van der Waals surface area contributed by atoms with Crippen LogP contribution in [0.15, 0.2) is 24.3 Å². The lowest BCUT2D eigenvalue weighted by Crippen LogP contribution is -2.43. The molecule has 0 heterocycles. The Balaban J connectivity index is 1.95. The Hall–Kier alpha value is -2.27. The SMILES string of the molecule is COC[C@@H]1C(O)CC1C#CC#Cc1ccc(C(=O)OC)cc1. The summed E-state index contributed by atoms with van der Waals surface area (Å²) in [7, 11) is 2.97.